The maximum absolute atomic E-state index is 14.7. The fraction of sp³-hybridized carbons (Fsp3) is 0.280. The van der Waals surface area contributed by atoms with Crippen LogP contribution in [-0.2, 0) is 12.0 Å². The van der Waals surface area contributed by atoms with Crippen molar-refractivity contribution >= 4 is 45.9 Å². The number of benzene rings is 1. The van der Waals surface area contributed by atoms with Gasteiger partial charge in [0, 0.05) is 47.8 Å². The topological polar surface area (TPSA) is 134 Å². The molecule has 4 rings (SSSR count). The molecule has 10 nitrogen and oxygen atoms in total. The summed E-state index contributed by atoms with van der Waals surface area (Å²) >= 11 is 6.33. The number of nitrogens with zero attached hydrogens (tertiary/aromatic N) is 3. The Morgan fingerprint density at radius 3 is 2.54 bits per heavy atom. The van der Waals surface area contributed by atoms with Crippen LogP contribution in [0.25, 0.3) is 22.0 Å². The molecular formula is C25H26ClFN6O4. The van der Waals surface area contributed by atoms with Crippen molar-refractivity contribution in [2.45, 2.75) is 32.7 Å². The third-order valence-corrected chi connectivity index (χ3v) is 5.85. The molecule has 3 heterocycles. The van der Waals surface area contributed by atoms with E-state index in [0.717, 1.165) is 6.07 Å². The van der Waals surface area contributed by atoms with E-state index in [0.29, 0.717) is 22.6 Å². The normalized spacial score (nSPS) is 11.5. The molecule has 0 bridgehead atoms. The number of hydrogen-bond acceptors (Lipinski definition) is 7. The Bertz CT molecular complexity index is 1540. The second-order valence-electron chi connectivity index (χ2n) is 9.29. The zero-order valence-corrected chi connectivity index (χ0v) is 21.4. The highest BCUT2D eigenvalue weighted by Crippen LogP contribution is 2.33. The molecule has 0 aliphatic rings. The van der Waals surface area contributed by atoms with Crippen molar-refractivity contribution < 1.29 is 18.7 Å². The van der Waals surface area contributed by atoms with Crippen LogP contribution in [0.3, 0.4) is 0 Å². The number of oxazole rings is 1. The van der Waals surface area contributed by atoms with Crippen LogP contribution >= 0.6 is 11.6 Å². The molecule has 37 heavy (non-hydrogen) atoms. The van der Waals surface area contributed by atoms with Gasteiger partial charge in [-0.2, -0.15) is 0 Å². The quantitative estimate of drug-likeness (QED) is 0.282. The van der Waals surface area contributed by atoms with E-state index in [1.807, 2.05) is 20.8 Å². The number of halogens is 2. The van der Waals surface area contributed by atoms with Crippen LogP contribution in [0, 0.1) is 5.82 Å². The van der Waals surface area contributed by atoms with Crippen molar-refractivity contribution in [2.75, 3.05) is 29.6 Å². The standard InChI is InChI=1S/C25H26ClFN6O4/c1-25(2,3)23-30-12-21(37-23)32-24(36)31-18-8-14(16(26)9-17(18)27)15-7-13-11-29-20(28-4)10-19(13)33(5-6-34)22(15)35/h7-12,34H,5-6H2,1-4H3,(H,28,29)(H2,31,32,36). The second-order valence-corrected chi connectivity index (χ2v) is 9.69. The summed E-state index contributed by atoms with van der Waals surface area (Å²) in [7, 11) is 1.70. The number of urea groups is 1. The average molecular weight is 529 g/mol. The molecule has 0 fully saturated rings. The molecule has 0 saturated carbocycles. The molecule has 0 saturated heterocycles. The predicted molar refractivity (Wildman–Crippen MR) is 141 cm³/mol. The van der Waals surface area contributed by atoms with Gasteiger partial charge in [0.15, 0.2) is 0 Å². The zero-order chi connectivity index (χ0) is 26.9. The number of nitrogens with one attached hydrogen (secondary N) is 3. The Labute approximate surface area is 216 Å². The molecule has 12 heteroatoms. The number of hydrogen-bond donors (Lipinski definition) is 4. The molecule has 4 N–H and O–H groups in total. The lowest BCUT2D eigenvalue weighted by atomic mass is 9.97. The van der Waals surface area contributed by atoms with Gasteiger partial charge in [-0.1, -0.05) is 32.4 Å². The molecule has 0 aliphatic carbocycles. The minimum absolute atomic E-state index is 0.0242. The van der Waals surface area contributed by atoms with E-state index in [2.05, 4.69) is 25.9 Å². The Hall–Kier alpha value is -3.96. The summed E-state index contributed by atoms with van der Waals surface area (Å²) in [6.07, 6.45) is 2.93. The molecule has 0 unspecified atom stereocenters. The van der Waals surface area contributed by atoms with Crippen molar-refractivity contribution in [1.82, 2.24) is 14.5 Å². The molecule has 4 aromatic rings. The average Bonchev–Trinajstić information content (AvgIpc) is 3.31. The van der Waals surface area contributed by atoms with E-state index in [1.54, 1.807) is 25.4 Å². The molecule has 1 aromatic carbocycles. The monoisotopic (exact) mass is 528 g/mol. The fourth-order valence-corrected chi connectivity index (χ4v) is 3.97. The van der Waals surface area contributed by atoms with Gasteiger partial charge in [-0.3, -0.25) is 10.1 Å². The minimum atomic E-state index is -0.798. The van der Waals surface area contributed by atoms with Gasteiger partial charge in [0.05, 0.1) is 29.0 Å². The first kappa shape index (κ1) is 26.1. The van der Waals surface area contributed by atoms with Crippen LogP contribution in [0.5, 0.6) is 0 Å². The highest BCUT2D eigenvalue weighted by atomic mass is 35.5. The highest BCUT2D eigenvalue weighted by Gasteiger charge is 2.22. The molecule has 0 spiro atoms. The lowest BCUT2D eigenvalue weighted by Gasteiger charge is -2.15. The van der Waals surface area contributed by atoms with Crippen LogP contribution in [0.4, 0.5) is 26.6 Å². The molecule has 0 atom stereocenters. The first-order chi connectivity index (χ1) is 17.5. The van der Waals surface area contributed by atoms with Gasteiger partial charge in [-0.05, 0) is 18.2 Å². The third-order valence-electron chi connectivity index (χ3n) is 5.54. The summed E-state index contributed by atoms with van der Waals surface area (Å²) in [6, 6.07) is 4.79. The summed E-state index contributed by atoms with van der Waals surface area (Å²) in [5.41, 5.74) is -0.109. The van der Waals surface area contributed by atoms with E-state index in [-0.39, 0.29) is 46.3 Å². The van der Waals surface area contributed by atoms with Crippen LogP contribution in [0.1, 0.15) is 26.7 Å². The Morgan fingerprint density at radius 2 is 1.89 bits per heavy atom. The van der Waals surface area contributed by atoms with Gasteiger partial charge < -0.3 is 24.7 Å². The number of pyridine rings is 2. The van der Waals surface area contributed by atoms with Gasteiger partial charge in [-0.15, -0.1) is 0 Å². The number of aliphatic hydroxyl groups excluding tert-OH is 1. The molecular weight excluding hydrogens is 503 g/mol. The third kappa shape index (κ3) is 5.42. The number of carbonyl (C=O) groups excluding carboxylic acids is 1. The van der Waals surface area contributed by atoms with E-state index in [9.17, 15) is 19.1 Å². The second kappa shape index (κ2) is 10.2. The molecule has 2 amide bonds. The Kier molecular flexibility index (Phi) is 7.19. The molecule has 194 valence electrons. The van der Waals surface area contributed by atoms with Gasteiger partial charge in [0.25, 0.3) is 5.56 Å². The van der Waals surface area contributed by atoms with Crippen molar-refractivity contribution in [3.8, 4) is 11.1 Å². The number of aromatic nitrogens is 3. The minimum Gasteiger partial charge on any atom is -0.424 e. The molecule has 0 radical (unpaired) electrons. The van der Waals surface area contributed by atoms with Gasteiger partial charge in [0.1, 0.15) is 11.6 Å². The van der Waals surface area contributed by atoms with Crippen LogP contribution in [0.2, 0.25) is 5.02 Å². The number of anilines is 3. The SMILES string of the molecule is CNc1cc2c(cn1)cc(-c1cc(NC(=O)Nc3cnc(C(C)(C)C)o3)c(F)cc1Cl)c(=O)n2CCO. The Morgan fingerprint density at radius 1 is 1.14 bits per heavy atom. The van der Waals surface area contributed by atoms with E-state index < -0.39 is 17.4 Å². The molecule has 3 aromatic heterocycles. The van der Waals surface area contributed by atoms with E-state index in [4.69, 9.17) is 16.0 Å². The summed E-state index contributed by atoms with van der Waals surface area (Å²) in [5.74, 6) is 0.264. The van der Waals surface area contributed by atoms with Crippen molar-refractivity contribution in [3.05, 3.63) is 63.7 Å². The number of rotatable bonds is 6. The summed E-state index contributed by atoms with van der Waals surface area (Å²) < 4.78 is 21.7. The van der Waals surface area contributed by atoms with Gasteiger partial charge >= 0.3 is 6.03 Å². The lowest BCUT2D eigenvalue weighted by Crippen LogP contribution is -2.24. The first-order valence-corrected chi connectivity index (χ1v) is 11.8. The smallest absolute Gasteiger partial charge is 0.326 e. The van der Waals surface area contributed by atoms with Crippen molar-refractivity contribution in [1.29, 1.82) is 0 Å². The summed E-state index contributed by atoms with van der Waals surface area (Å²) in [5, 5.41) is 17.9. The molecule has 0 aliphatic heterocycles. The van der Waals surface area contributed by atoms with Gasteiger partial charge in [-0.25, -0.2) is 19.2 Å². The van der Waals surface area contributed by atoms with Crippen molar-refractivity contribution in [2.24, 2.45) is 0 Å². The zero-order valence-electron chi connectivity index (χ0n) is 20.6. The number of amides is 2. The number of carbonyl (C=O) groups is 1. The van der Waals surface area contributed by atoms with Crippen molar-refractivity contribution in [3.63, 3.8) is 0 Å². The van der Waals surface area contributed by atoms with Crippen LogP contribution in [0.15, 0.2) is 45.9 Å². The Balaban J connectivity index is 1.71. The summed E-state index contributed by atoms with van der Waals surface area (Å²) in [6.45, 7) is 5.47. The number of aliphatic hydroxyl groups is 1. The summed E-state index contributed by atoms with van der Waals surface area (Å²) in [4.78, 5) is 34.4. The van der Waals surface area contributed by atoms with Crippen LogP contribution < -0.4 is 21.5 Å². The largest absolute Gasteiger partial charge is 0.424 e. The maximum atomic E-state index is 14.7. The predicted octanol–water partition coefficient (Wildman–Crippen LogP) is 4.82. The fourth-order valence-electron chi connectivity index (χ4n) is 3.72. The van der Waals surface area contributed by atoms with E-state index >= 15 is 0 Å². The highest BCUT2D eigenvalue weighted by molar-refractivity contribution is 6.33. The lowest BCUT2D eigenvalue weighted by molar-refractivity contribution is 0.261. The first-order valence-electron chi connectivity index (χ1n) is 11.4. The maximum Gasteiger partial charge on any atom is 0.326 e. The van der Waals surface area contributed by atoms with Crippen LogP contribution in [-0.4, -0.2) is 39.3 Å². The number of fused-ring (bicyclic) bond motifs is 1. The van der Waals surface area contributed by atoms with E-state index in [1.165, 1.54) is 16.8 Å². The van der Waals surface area contributed by atoms with Gasteiger partial charge in [0.2, 0.25) is 11.8 Å².